The topological polar surface area (TPSA) is 52.6 Å². The van der Waals surface area contributed by atoms with Crippen molar-refractivity contribution in [2.45, 2.75) is 6.92 Å². The third kappa shape index (κ3) is 2.93. The molecule has 0 saturated carbocycles. The predicted molar refractivity (Wildman–Crippen MR) is 63.1 cm³/mol. The van der Waals surface area contributed by atoms with Crippen molar-refractivity contribution in [2.75, 3.05) is 14.2 Å². The third-order valence-electron chi connectivity index (χ3n) is 2.32. The minimum Gasteiger partial charge on any atom is -0.466 e. The molecule has 0 aliphatic heterocycles. The van der Waals surface area contributed by atoms with E-state index < -0.39 is 11.9 Å². The number of benzene rings is 1. The molecule has 17 heavy (non-hydrogen) atoms. The fourth-order valence-electron chi connectivity index (χ4n) is 1.45. The van der Waals surface area contributed by atoms with Crippen molar-refractivity contribution in [3.63, 3.8) is 0 Å². The Hall–Kier alpha value is -2.10. The minimum absolute atomic E-state index is 0.222. The van der Waals surface area contributed by atoms with Crippen LogP contribution in [-0.2, 0) is 19.1 Å². The highest BCUT2D eigenvalue weighted by atomic mass is 16.5. The molecule has 0 atom stereocenters. The van der Waals surface area contributed by atoms with Crippen molar-refractivity contribution in [3.8, 4) is 0 Å². The van der Waals surface area contributed by atoms with Gasteiger partial charge in [-0.15, -0.1) is 0 Å². The van der Waals surface area contributed by atoms with Crippen LogP contribution < -0.4 is 0 Å². The van der Waals surface area contributed by atoms with E-state index in [1.807, 2.05) is 6.07 Å². The van der Waals surface area contributed by atoms with Crippen molar-refractivity contribution in [1.82, 2.24) is 0 Å². The molecule has 0 amide bonds. The second-order valence-corrected chi connectivity index (χ2v) is 3.35. The van der Waals surface area contributed by atoms with Gasteiger partial charge < -0.3 is 9.47 Å². The van der Waals surface area contributed by atoms with Gasteiger partial charge in [-0.2, -0.15) is 0 Å². The van der Waals surface area contributed by atoms with Gasteiger partial charge >= 0.3 is 11.9 Å². The van der Waals surface area contributed by atoms with Crippen molar-refractivity contribution < 1.29 is 19.1 Å². The van der Waals surface area contributed by atoms with Gasteiger partial charge in [0.1, 0.15) is 0 Å². The molecule has 0 fully saturated rings. The molecule has 1 rings (SSSR count). The summed E-state index contributed by atoms with van der Waals surface area (Å²) >= 11 is 0. The highest BCUT2D eigenvalue weighted by Crippen LogP contribution is 2.20. The molecule has 0 unspecified atom stereocenters. The van der Waals surface area contributed by atoms with Crippen LogP contribution in [0.2, 0.25) is 0 Å². The second kappa shape index (κ2) is 5.84. The molecule has 0 bridgehead atoms. The zero-order valence-corrected chi connectivity index (χ0v) is 10.0. The fraction of sp³-hybridized carbons (Fsp3) is 0.231. The number of hydrogen-bond donors (Lipinski definition) is 0. The Kier molecular flexibility index (Phi) is 4.46. The van der Waals surface area contributed by atoms with Crippen LogP contribution in [0.1, 0.15) is 12.5 Å². The van der Waals surface area contributed by atoms with Gasteiger partial charge in [0, 0.05) is 5.57 Å². The Labute approximate surface area is 99.8 Å². The lowest BCUT2D eigenvalue weighted by Crippen LogP contribution is -2.12. The van der Waals surface area contributed by atoms with Crippen molar-refractivity contribution >= 4 is 17.5 Å². The van der Waals surface area contributed by atoms with Crippen molar-refractivity contribution in [2.24, 2.45) is 0 Å². The molecule has 0 radical (unpaired) electrons. The van der Waals surface area contributed by atoms with E-state index in [9.17, 15) is 9.59 Å². The monoisotopic (exact) mass is 234 g/mol. The lowest BCUT2D eigenvalue weighted by atomic mass is 10.0. The number of carbonyl (C=O) groups is 2. The van der Waals surface area contributed by atoms with E-state index in [0.717, 1.165) is 0 Å². The summed E-state index contributed by atoms with van der Waals surface area (Å²) in [7, 11) is 2.54. The smallest absolute Gasteiger partial charge is 0.339 e. The molecule has 1 aromatic carbocycles. The molecular formula is C13H14O4. The Morgan fingerprint density at radius 3 is 1.94 bits per heavy atom. The van der Waals surface area contributed by atoms with Gasteiger partial charge in [-0.05, 0) is 12.5 Å². The summed E-state index contributed by atoms with van der Waals surface area (Å²) in [6.07, 6.45) is 0. The quantitative estimate of drug-likeness (QED) is 0.591. The van der Waals surface area contributed by atoms with E-state index in [-0.39, 0.29) is 11.1 Å². The van der Waals surface area contributed by atoms with Gasteiger partial charge in [0.15, 0.2) is 0 Å². The molecule has 0 saturated heterocycles. The maximum atomic E-state index is 11.7. The van der Waals surface area contributed by atoms with Gasteiger partial charge in [0.05, 0.1) is 19.8 Å². The summed E-state index contributed by atoms with van der Waals surface area (Å²) in [5, 5.41) is 0. The first-order valence-electron chi connectivity index (χ1n) is 5.04. The summed E-state index contributed by atoms with van der Waals surface area (Å²) in [6.45, 7) is 1.53. The zero-order chi connectivity index (χ0) is 12.8. The Bertz CT molecular complexity index is 446. The fourth-order valence-corrected chi connectivity index (χ4v) is 1.45. The number of esters is 2. The van der Waals surface area contributed by atoms with Crippen LogP contribution in [0, 0.1) is 0 Å². The Balaban J connectivity index is 3.32. The van der Waals surface area contributed by atoms with Gasteiger partial charge in [0.2, 0.25) is 0 Å². The van der Waals surface area contributed by atoms with Crippen LogP contribution in [0.4, 0.5) is 0 Å². The largest absolute Gasteiger partial charge is 0.466 e. The van der Waals surface area contributed by atoms with Crippen molar-refractivity contribution in [3.05, 3.63) is 41.5 Å². The van der Waals surface area contributed by atoms with E-state index in [1.54, 1.807) is 24.3 Å². The van der Waals surface area contributed by atoms with Crippen LogP contribution in [0.15, 0.2) is 35.9 Å². The molecule has 0 aliphatic rings. The van der Waals surface area contributed by atoms with E-state index >= 15 is 0 Å². The first kappa shape index (κ1) is 13.0. The molecular weight excluding hydrogens is 220 g/mol. The van der Waals surface area contributed by atoms with E-state index in [0.29, 0.717) is 5.56 Å². The summed E-state index contributed by atoms with van der Waals surface area (Å²) in [5.41, 5.74) is 1.08. The summed E-state index contributed by atoms with van der Waals surface area (Å²) in [5.74, 6) is -1.10. The van der Waals surface area contributed by atoms with Crippen LogP contribution in [0.5, 0.6) is 0 Å². The third-order valence-corrected chi connectivity index (χ3v) is 2.32. The molecule has 0 spiro atoms. The van der Waals surface area contributed by atoms with E-state index in [2.05, 4.69) is 9.47 Å². The average molecular weight is 234 g/mol. The Morgan fingerprint density at radius 1 is 0.941 bits per heavy atom. The van der Waals surface area contributed by atoms with Crippen molar-refractivity contribution in [1.29, 1.82) is 0 Å². The molecule has 4 heteroatoms. The molecule has 1 aromatic rings. The number of methoxy groups -OCH3 is 2. The zero-order valence-electron chi connectivity index (χ0n) is 10.0. The molecule has 0 N–H and O–H groups in total. The normalized spacial score (nSPS) is 11.5. The number of ether oxygens (including phenoxy) is 2. The maximum Gasteiger partial charge on any atom is 0.339 e. The molecule has 90 valence electrons. The van der Waals surface area contributed by atoms with Crippen LogP contribution in [-0.4, -0.2) is 26.2 Å². The lowest BCUT2D eigenvalue weighted by molar-refractivity contribution is -0.137. The number of hydrogen-bond acceptors (Lipinski definition) is 4. The first-order chi connectivity index (χ1) is 8.11. The first-order valence-corrected chi connectivity index (χ1v) is 5.04. The SMILES string of the molecule is COC(=O)C(C)=C(C(=O)OC)c1ccccc1. The van der Waals surface area contributed by atoms with Gasteiger partial charge in [-0.1, -0.05) is 30.3 Å². The van der Waals surface area contributed by atoms with Crippen LogP contribution in [0.25, 0.3) is 5.57 Å². The lowest BCUT2D eigenvalue weighted by Gasteiger charge is -2.09. The summed E-state index contributed by atoms with van der Waals surface area (Å²) < 4.78 is 9.28. The highest BCUT2D eigenvalue weighted by molar-refractivity contribution is 6.22. The molecule has 0 heterocycles. The average Bonchev–Trinajstić information content (AvgIpc) is 2.38. The summed E-state index contributed by atoms with van der Waals surface area (Å²) in [6, 6.07) is 8.86. The van der Waals surface area contributed by atoms with E-state index in [1.165, 1.54) is 21.1 Å². The van der Waals surface area contributed by atoms with Gasteiger partial charge in [-0.25, -0.2) is 9.59 Å². The second-order valence-electron chi connectivity index (χ2n) is 3.35. The Morgan fingerprint density at radius 2 is 1.47 bits per heavy atom. The van der Waals surface area contributed by atoms with Gasteiger partial charge in [-0.3, -0.25) is 0 Å². The number of rotatable bonds is 3. The highest BCUT2D eigenvalue weighted by Gasteiger charge is 2.20. The standard InChI is InChI=1S/C13H14O4/c1-9(12(14)16-2)11(13(15)17-3)10-7-5-4-6-8-10/h4-8H,1-3H3. The summed E-state index contributed by atoms with van der Waals surface area (Å²) in [4.78, 5) is 23.1. The molecule has 0 aliphatic carbocycles. The maximum absolute atomic E-state index is 11.7. The molecule has 4 nitrogen and oxygen atoms in total. The predicted octanol–water partition coefficient (Wildman–Crippen LogP) is 1.81. The van der Waals surface area contributed by atoms with Gasteiger partial charge in [0.25, 0.3) is 0 Å². The van der Waals surface area contributed by atoms with Crippen LogP contribution in [0.3, 0.4) is 0 Å². The van der Waals surface area contributed by atoms with E-state index in [4.69, 9.17) is 0 Å². The molecule has 0 aromatic heterocycles. The minimum atomic E-state index is -0.556. The van der Waals surface area contributed by atoms with Crippen LogP contribution >= 0.6 is 0 Å². The number of carbonyl (C=O) groups excluding carboxylic acids is 2.